The van der Waals surface area contributed by atoms with Crippen LogP contribution in [0.2, 0.25) is 0 Å². The first-order valence-corrected chi connectivity index (χ1v) is 3.91. The van der Waals surface area contributed by atoms with Crippen molar-refractivity contribution in [2.75, 3.05) is 5.75 Å². The van der Waals surface area contributed by atoms with Crippen LogP contribution in [0.1, 0.15) is 13.3 Å². The molecule has 0 fully saturated rings. The van der Waals surface area contributed by atoms with Crippen molar-refractivity contribution in [3.05, 3.63) is 0 Å². The summed E-state index contributed by atoms with van der Waals surface area (Å²) in [6.45, 7) is 2.07. The van der Waals surface area contributed by atoms with Gasteiger partial charge in [0.1, 0.15) is 0 Å². The quantitative estimate of drug-likeness (QED) is 0.535. The van der Waals surface area contributed by atoms with E-state index in [1.165, 1.54) is 0 Å². The van der Waals surface area contributed by atoms with Crippen LogP contribution in [0.3, 0.4) is 0 Å². The fraction of sp³-hybridized carbons (Fsp3) is 0.500. The third-order valence-corrected chi connectivity index (χ3v) is 1.90. The minimum absolute atomic E-state index is 0.222. The van der Waals surface area contributed by atoms with Gasteiger partial charge in [0.05, 0.1) is 5.25 Å². The molecule has 0 aromatic heterocycles. The number of hydrogen-bond donors (Lipinski definition) is 0. The summed E-state index contributed by atoms with van der Waals surface area (Å²) in [7, 11) is 0. The summed E-state index contributed by atoms with van der Waals surface area (Å²) < 4.78 is 0. The number of hydrogen-bond acceptors (Lipinski definition) is 1. The van der Waals surface area contributed by atoms with E-state index in [0.29, 0.717) is 6.42 Å². The third-order valence-electron chi connectivity index (χ3n) is 0.857. The molecule has 0 saturated carbocycles. The fourth-order valence-corrected chi connectivity index (χ4v) is 1.19. The second kappa shape index (κ2) is 5.60. The van der Waals surface area contributed by atoms with E-state index in [9.17, 15) is 0 Å². The second-order valence-electron chi connectivity index (χ2n) is 1.52. The van der Waals surface area contributed by atoms with Gasteiger partial charge in [0.15, 0.2) is 0 Å². The maximum Gasteiger partial charge on any atom is 0.0763 e. The molecule has 0 nitrogen and oxygen atoms in total. The van der Waals surface area contributed by atoms with Gasteiger partial charge in [-0.15, -0.1) is 30.5 Å². The Kier molecular flexibility index (Phi) is 5.27. The third kappa shape index (κ3) is 4.01. The van der Waals surface area contributed by atoms with Gasteiger partial charge in [-0.05, 0) is 5.75 Å². The first-order chi connectivity index (χ1) is 4.35. The van der Waals surface area contributed by atoms with Crippen molar-refractivity contribution < 1.29 is 0 Å². The molecule has 1 heteroatoms. The Hall–Kier alpha value is -0.530. The molecular formula is C8H10S. The van der Waals surface area contributed by atoms with Crippen LogP contribution >= 0.6 is 11.8 Å². The molecule has 0 amide bonds. The molecule has 0 spiro atoms. The molecule has 0 rings (SSSR count). The number of rotatable bonds is 3. The Balaban J connectivity index is 3.48. The predicted molar refractivity (Wildman–Crippen MR) is 44.2 cm³/mol. The highest BCUT2D eigenvalue weighted by Crippen LogP contribution is 2.11. The Morgan fingerprint density at radius 3 is 2.56 bits per heavy atom. The topological polar surface area (TPSA) is 0 Å². The van der Waals surface area contributed by atoms with E-state index in [4.69, 9.17) is 12.8 Å². The summed E-state index contributed by atoms with van der Waals surface area (Å²) in [6, 6.07) is 0. The van der Waals surface area contributed by atoms with Gasteiger partial charge in [-0.1, -0.05) is 12.8 Å². The monoisotopic (exact) mass is 138 g/mol. The molecule has 0 bridgehead atoms. The highest BCUT2D eigenvalue weighted by Gasteiger charge is 1.99. The minimum Gasteiger partial charge on any atom is -0.145 e. The number of thioether (sulfide) groups is 1. The zero-order valence-corrected chi connectivity index (χ0v) is 6.37. The van der Waals surface area contributed by atoms with E-state index in [1.54, 1.807) is 11.8 Å². The van der Waals surface area contributed by atoms with Crippen LogP contribution in [0.15, 0.2) is 0 Å². The fourth-order valence-electron chi connectivity index (χ4n) is 0.474. The van der Waals surface area contributed by atoms with Crippen molar-refractivity contribution in [3.63, 3.8) is 0 Å². The first kappa shape index (κ1) is 8.47. The van der Waals surface area contributed by atoms with E-state index in [-0.39, 0.29) is 5.25 Å². The zero-order valence-electron chi connectivity index (χ0n) is 5.55. The lowest BCUT2D eigenvalue weighted by molar-refractivity contribution is 1.14. The lowest BCUT2D eigenvalue weighted by atomic mass is 10.3. The molecule has 1 unspecified atom stereocenters. The Morgan fingerprint density at radius 1 is 1.56 bits per heavy atom. The molecule has 0 radical (unpaired) electrons. The van der Waals surface area contributed by atoms with Crippen LogP contribution < -0.4 is 0 Å². The molecule has 0 aliphatic heterocycles. The van der Waals surface area contributed by atoms with E-state index in [1.807, 2.05) is 0 Å². The maximum atomic E-state index is 5.18. The highest BCUT2D eigenvalue weighted by molar-refractivity contribution is 8.00. The van der Waals surface area contributed by atoms with Crippen LogP contribution in [0.25, 0.3) is 0 Å². The van der Waals surface area contributed by atoms with Crippen LogP contribution in [-0.2, 0) is 0 Å². The maximum absolute atomic E-state index is 5.18. The summed E-state index contributed by atoms with van der Waals surface area (Å²) in [5.41, 5.74) is 0. The van der Waals surface area contributed by atoms with Crippen LogP contribution in [0, 0.1) is 24.7 Å². The van der Waals surface area contributed by atoms with Gasteiger partial charge in [0.2, 0.25) is 0 Å². The van der Waals surface area contributed by atoms with Crippen LogP contribution in [-0.4, -0.2) is 11.0 Å². The molecule has 0 heterocycles. The van der Waals surface area contributed by atoms with E-state index in [0.717, 1.165) is 5.75 Å². The summed E-state index contributed by atoms with van der Waals surface area (Å²) in [4.78, 5) is 0. The number of terminal acetylenes is 2. The van der Waals surface area contributed by atoms with Gasteiger partial charge < -0.3 is 0 Å². The molecule has 0 N–H and O–H groups in total. The van der Waals surface area contributed by atoms with E-state index >= 15 is 0 Å². The molecule has 0 aliphatic carbocycles. The highest BCUT2D eigenvalue weighted by atomic mass is 32.2. The minimum atomic E-state index is 0.222. The van der Waals surface area contributed by atoms with Crippen molar-refractivity contribution in [1.29, 1.82) is 0 Å². The molecule has 0 aromatic carbocycles. The average molecular weight is 138 g/mol. The van der Waals surface area contributed by atoms with Crippen molar-refractivity contribution >= 4 is 11.8 Å². The normalized spacial score (nSPS) is 11.4. The van der Waals surface area contributed by atoms with E-state index in [2.05, 4.69) is 18.8 Å². The summed E-state index contributed by atoms with van der Waals surface area (Å²) in [5.74, 6) is 6.20. The largest absolute Gasteiger partial charge is 0.145 e. The molecule has 1 atom stereocenters. The standard InChI is InChI=1S/C8H10S/c1-4-7-8(5-2)9-6-3/h1-2,8H,6-7H2,3H3. The Labute approximate surface area is 61.4 Å². The van der Waals surface area contributed by atoms with Gasteiger partial charge >= 0.3 is 0 Å². The molecule has 9 heavy (non-hydrogen) atoms. The van der Waals surface area contributed by atoms with Crippen LogP contribution in [0.4, 0.5) is 0 Å². The molecular weight excluding hydrogens is 128 g/mol. The lowest BCUT2D eigenvalue weighted by Crippen LogP contribution is -1.96. The SMILES string of the molecule is C#CCC(C#C)SCC. The predicted octanol–water partition coefficient (Wildman–Crippen LogP) is 1.76. The Bertz CT molecular complexity index is 136. The second-order valence-corrected chi connectivity index (χ2v) is 3.00. The summed E-state index contributed by atoms with van der Waals surface area (Å²) in [5, 5.41) is 0.222. The molecule has 0 aromatic rings. The average Bonchev–Trinajstić information content (AvgIpc) is 1.88. The molecule has 0 aliphatic rings. The van der Waals surface area contributed by atoms with Crippen LogP contribution in [0.5, 0.6) is 0 Å². The van der Waals surface area contributed by atoms with Crippen molar-refractivity contribution in [3.8, 4) is 24.7 Å². The van der Waals surface area contributed by atoms with Crippen molar-refractivity contribution in [1.82, 2.24) is 0 Å². The van der Waals surface area contributed by atoms with Gasteiger partial charge in [-0.3, -0.25) is 0 Å². The molecule has 0 saturated heterocycles. The zero-order chi connectivity index (χ0) is 7.11. The summed E-state index contributed by atoms with van der Waals surface area (Å²) in [6.07, 6.45) is 10.9. The van der Waals surface area contributed by atoms with Crippen molar-refractivity contribution in [2.24, 2.45) is 0 Å². The van der Waals surface area contributed by atoms with Gasteiger partial charge in [0.25, 0.3) is 0 Å². The van der Waals surface area contributed by atoms with Gasteiger partial charge in [-0.2, -0.15) is 0 Å². The Morgan fingerprint density at radius 2 is 2.22 bits per heavy atom. The first-order valence-electron chi connectivity index (χ1n) is 2.86. The smallest absolute Gasteiger partial charge is 0.0763 e. The lowest BCUT2D eigenvalue weighted by Gasteiger charge is -2.01. The van der Waals surface area contributed by atoms with Gasteiger partial charge in [-0.25, -0.2) is 0 Å². The van der Waals surface area contributed by atoms with Crippen molar-refractivity contribution in [2.45, 2.75) is 18.6 Å². The van der Waals surface area contributed by atoms with Gasteiger partial charge in [0, 0.05) is 6.42 Å². The summed E-state index contributed by atoms with van der Waals surface area (Å²) >= 11 is 1.72. The van der Waals surface area contributed by atoms with E-state index < -0.39 is 0 Å². The molecule has 48 valence electrons.